The van der Waals surface area contributed by atoms with Crippen molar-refractivity contribution >= 4 is 21.6 Å². The van der Waals surface area contributed by atoms with Crippen molar-refractivity contribution in [3.05, 3.63) is 34.4 Å². The molecule has 1 amide bonds. The smallest absolute Gasteiger partial charge is 0.289 e. The van der Waals surface area contributed by atoms with Crippen LogP contribution in [0.5, 0.6) is 0 Å². The molecule has 1 aromatic carbocycles. The number of carbonyl (C=O) groups excluding carboxylic acids is 1. The maximum Gasteiger partial charge on any atom is 0.289 e. The summed E-state index contributed by atoms with van der Waals surface area (Å²) in [4.78, 5) is 22.8. The van der Waals surface area contributed by atoms with Crippen LogP contribution in [0.1, 0.15) is 46.0 Å². The van der Waals surface area contributed by atoms with Crippen LogP contribution >= 0.6 is 0 Å². The molecule has 150 valence electrons. The summed E-state index contributed by atoms with van der Waals surface area (Å²) in [5, 5.41) is 14.2. The van der Waals surface area contributed by atoms with Crippen LogP contribution in [0.2, 0.25) is 0 Å². The molecule has 2 unspecified atom stereocenters. The maximum absolute atomic E-state index is 13.0. The van der Waals surface area contributed by atoms with Crippen molar-refractivity contribution in [3.8, 4) is 0 Å². The summed E-state index contributed by atoms with van der Waals surface area (Å²) in [5.74, 6) is -0.583. The molecule has 9 heteroatoms. The van der Waals surface area contributed by atoms with E-state index < -0.39 is 26.6 Å². The fraction of sp³-hybridized carbons (Fsp3) is 0.611. The number of sulfonamides is 1. The predicted octanol–water partition coefficient (Wildman–Crippen LogP) is 2.69. The number of amides is 1. The zero-order valence-electron chi connectivity index (χ0n) is 15.8. The van der Waals surface area contributed by atoms with E-state index in [2.05, 4.69) is 12.2 Å². The molecule has 1 heterocycles. The normalized spacial score (nSPS) is 19.4. The Morgan fingerprint density at radius 3 is 2.70 bits per heavy atom. The Labute approximate surface area is 160 Å². The summed E-state index contributed by atoms with van der Waals surface area (Å²) >= 11 is 0. The van der Waals surface area contributed by atoms with Crippen LogP contribution in [-0.4, -0.2) is 42.7 Å². The molecule has 0 saturated carbocycles. The summed E-state index contributed by atoms with van der Waals surface area (Å²) < 4.78 is 27.1. The Hall–Kier alpha value is -2.00. The molecule has 1 N–H and O–H groups in total. The van der Waals surface area contributed by atoms with E-state index in [1.54, 1.807) is 0 Å². The van der Waals surface area contributed by atoms with Crippen LogP contribution in [0.25, 0.3) is 0 Å². The molecule has 1 aliphatic heterocycles. The van der Waals surface area contributed by atoms with Crippen LogP contribution in [-0.2, 0) is 14.8 Å². The molecular formula is C18H27N3O5S. The van der Waals surface area contributed by atoms with Gasteiger partial charge in [-0.2, -0.15) is 4.31 Å². The number of piperidine rings is 1. The molecule has 0 spiro atoms. The molecule has 0 aliphatic carbocycles. The lowest BCUT2D eigenvalue weighted by Gasteiger charge is -2.32. The number of para-hydroxylation sites is 1. The lowest BCUT2D eigenvalue weighted by Crippen LogP contribution is -2.47. The van der Waals surface area contributed by atoms with Gasteiger partial charge in [0.25, 0.3) is 5.69 Å². The van der Waals surface area contributed by atoms with Gasteiger partial charge in [0.15, 0.2) is 4.90 Å². The fourth-order valence-electron chi connectivity index (χ4n) is 3.39. The minimum atomic E-state index is -4.04. The quantitative estimate of drug-likeness (QED) is 0.536. The molecule has 1 saturated heterocycles. The largest absolute Gasteiger partial charge is 0.353 e. The Morgan fingerprint density at radius 1 is 1.37 bits per heavy atom. The summed E-state index contributed by atoms with van der Waals surface area (Å²) in [7, 11) is -4.04. The molecule has 1 aromatic rings. The number of nitro benzene ring substituents is 1. The molecule has 1 fully saturated rings. The second-order valence-corrected chi connectivity index (χ2v) is 8.74. The Morgan fingerprint density at radius 2 is 2.07 bits per heavy atom. The maximum atomic E-state index is 13.0. The van der Waals surface area contributed by atoms with Gasteiger partial charge in [0.1, 0.15) is 0 Å². The van der Waals surface area contributed by atoms with Crippen LogP contribution in [0.15, 0.2) is 29.2 Å². The fourth-order valence-corrected chi connectivity index (χ4v) is 5.07. The molecule has 0 radical (unpaired) electrons. The first kappa shape index (κ1) is 21.3. The van der Waals surface area contributed by atoms with Gasteiger partial charge in [0, 0.05) is 25.2 Å². The minimum Gasteiger partial charge on any atom is -0.353 e. The standard InChI is InChI=1S/C18H27N3O5S/c1-3-8-15(4-2)19-18(22)14-9-7-12-20(13-14)27(25,26)17-11-6-5-10-16(17)21(23)24/h5-6,10-11,14-15H,3-4,7-9,12-13H2,1-2H3,(H,19,22). The molecule has 2 rings (SSSR count). The Bertz CT molecular complexity index is 781. The van der Waals surface area contributed by atoms with Gasteiger partial charge < -0.3 is 5.32 Å². The molecule has 2 atom stereocenters. The predicted molar refractivity (Wildman–Crippen MR) is 102 cm³/mol. The van der Waals surface area contributed by atoms with Gasteiger partial charge in [-0.3, -0.25) is 14.9 Å². The van der Waals surface area contributed by atoms with E-state index in [0.717, 1.165) is 19.3 Å². The second kappa shape index (κ2) is 9.27. The third-order valence-corrected chi connectivity index (χ3v) is 6.82. The molecule has 0 aromatic heterocycles. The summed E-state index contributed by atoms with van der Waals surface area (Å²) in [5.41, 5.74) is -0.446. The average Bonchev–Trinajstić information content (AvgIpc) is 2.67. The van der Waals surface area contributed by atoms with Gasteiger partial charge in [0.2, 0.25) is 15.9 Å². The summed E-state index contributed by atoms with van der Waals surface area (Å²) in [6.45, 7) is 4.36. The number of hydrogen-bond donors (Lipinski definition) is 1. The highest BCUT2D eigenvalue weighted by molar-refractivity contribution is 7.89. The summed E-state index contributed by atoms with van der Waals surface area (Å²) in [6.07, 6.45) is 3.82. The number of nitrogens with one attached hydrogen (secondary N) is 1. The lowest BCUT2D eigenvalue weighted by atomic mass is 9.98. The van der Waals surface area contributed by atoms with E-state index in [9.17, 15) is 23.3 Å². The first-order chi connectivity index (χ1) is 12.8. The highest BCUT2D eigenvalue weighted by Gasteiger charge is 2.36. The monoisotopic (exact) mass is 397 g/mol. The van der Waals surface area contributed by atoms with E-state index in [-0.39, 0.29) is 29.9 Å². The van der Waals surface area contributed by atoms with Crippen molar-refractivity contribution in [1.82, 2.24) is 9.62 Å². The third-order valence-electron chi connectivity index (χ3n) is 4.91. The highest BCUT2D eigenvalue weighted by atomic mass is 32.2. The zero-order valence-corrected chi connectivity index (χ0v) is 16.6. The van der Waals surface area contributed by atoms with Crippen LogP contribution in [0.4, 0.5) is 5.69 Å². The van der Waals surface area contributed by atoms with E-state index in [1.165, 1.54) is 28.6 Å². The first-order valence-electron chi connectivity index (χ1n) is 9.35. The van der Waals surface area contributed by atoms with Crippen LogP contribution in [0.3, 0.4) is 0 Å². The van der Waals surface area contributed by atoms with Crippen LogP contribution in [0, 0.1) is 16.0 Å². The number of nitro groups is 1. The number of benzene rings is 1. The van der Waals surface area contributed by atoms with Crippen LogP contribution < -0.4 is 5.32 Å². The van der Waals surface area contributed by atoms with E-state index in [0.29, 0.717) is 12.8 Å². The van der Waals surface area contributed by atoms with Crippen molar-refractivity contribution in [2.75, 3.05) is 13.1 Å². The first-order valence-corrected chi connectivity index (χ1v) is 10.8. The Kier molecular flexibility index (Phi) is 7.32. The van der Waals surface area contributed by atoms with Crippen molar-refractivity contribution < 1.29 is 18.1 Å². The zero-order chi connectivity index (χ0) is 20.0. The molecule has 0 bridgehead atoms. The lowest BCUT2D eigenvalue weighted by molar-refractivity contribution is -0.387. The average molecular weight is 397 g/mol. The van der Waals surface area contributed by atoms with E-state index in [4.69, 9.17) is 0 Å². The molecule has 8 nitrogen and oxygen atoms in total. The molecular weight excluding hydrogens is 370 g/mol. The Balaban J connectivity index is 2.18. The number of hydrogen-bond acceptors (Lipinski definition) is 5. The van der Waals surface area contributed by atoms with Gasteiger partial charge in [-0.05, 0) is 31.7 Å². The van der Waals surface area contributed by atoms with Crippen molar-refractivity contribution in [1.29, 1.82) is 0 Å². The van der Waals surface area contributed by atoms with Crippen molar-refractivity contribution in [2.45, 2.75) is 56.9 Å². The number of rotatable bonds is 8. The number of nitrogens with zero attached hydrogens (tertiary/aromatic N) is 2. The molecule has 27 heavy (non-hydrogen) atoms. The van der Waals surface area contributed by atoms with Gasteiger partial charge in [-0.15, -0.1) is 0 Å². The van der Waals surface area contributed by atoms with Crippen molar-refractivity contribution in [3.63, 3.8) is 0 Å². The van der Waals surface area contributed by atoms with E-state index >= 15 is 0 Å². The summed E-state index contributed by atoms with van der Waals surface area (Å²) in [6, 6.07) is 5.40. The van der Waals surface area contributed by atoms with Gasteiger partial charge in [0.05, 0.1) is 10.8 Å². The topological polar surface area (TPSA) is 110 Å². The second-order valence-electron chi connectivity index (χ2n) is 6.83. The SMILES string of the molecule is CCCC(CC)NC(=O)C1CCCN(S(=O)(=O)c2ccccc2[N+](=O)[O-])C1. The molecule has 1 aliphatic rings. The van der Waals surface area contributed by atoms with E-state index in [1.807, 2.05) is 6.92 Å². The minimum absolute atomic E-state index is 0.0444. The number of carbonyl (C=O) groups is 1. The van der Waals surface area contributed by atoms with Gasteiger partial charge in [-0.25, -0.2) is 8.42 Å². The van der Waals surface area contributed by atoms with Gasteiger partial charge in [-0.1, -0.05) is 32.4 Å². The third kappa shape index (κ3) is 5.04. The van der Waals surface area contributed by atoms with Gasteiger partial charge >= 0.3 is 0 Å². The highest BCUT2D eigenvalue weighted by Crippen LogP contribution is 2.29. The van der Waals surface area contributed by atoms with Crippen molar-refractivity contribution in [2.24, 2.45) is 5.92 Å².